The Morgan fingerprint density at radius 3 is 2.62 bits per heavy atom. The molecule has 0 N–H and O–H groups in total. The molecule has 0 aliphatic heterocycles. The fraction of sp³-hybridized carbons (Fsp3) is 0.0526. The summed E-state index contributed by atoms with van der Waals surface area (Å²) in [4.78, 5) is 9.35. The van der Waals surface area contributed by atoms with Crippen molar-refractivity contribution in [3.8, 4) is 23.0 Å². The van der Waals surface area contributed by atoms with E-state index in [0.29, 0.717) is 17.5 Å². The van der Waals surface area contributed by atoms with Crippen molar-refractivity contribution in [1.82, 2.24) is 9.97 Å². The molecule has 0 aliphatic carbocycles. The fourth-order valence-corrected chi connectivity index (χ4v) is 3.82. The van der Waals surface area contributed by atoms with Crippen LogP contribution in [0, 0.1) is 0 Å². The first kappa shape index (κ1) is 16.7. The predicted octanol–water partition coefficient (Wildman–Crippen LogP) is 4.55. The van der Waals surface area contributed by atoms with Crippen LogP contribution in [-0.4, -0.2) is 24.6 Å². The van der Waals surface area contributed by atoms with Crippen molar-refractivity contribution >= 4 is 32.1 Å². The van der Waals surface area contributed by atoms with Gasteiger partial charge in [0.15, 0.2) is 15.7 Å². The molecule has 0 spiro atoms. The van der Waals surface area contributed by atoms with Crippen LogP contribution in [0.1, 0.15) is 0 Å². The summed E-state index contributed by atoms with van der Waals surface area (Å²) in [6.45, 7) is 0. The van der Waals surface area contributed by atoms with E-state index in [1.54, 1.807) is 23.5 Å². The lowest BCUT2D eigenvalue weighted by molar-refractivity contribution is 0.467. The maximum atomic E-state index is 11.8. The van der Waals surface area contributed by atoms with Gasteiger partial charge in [0, 0.05) is 17.2 Å². The molecule has 2 heterocycles. The molecule has 4 rings (SSSR count). The van der Waals surface area contributed by atoms with E-state index in [1.165, 1.54) is 18.4 Å². The van der Waals surface area contributed by atoms with Gasteiger partial charge in [-0.15, -0.1) is 0 Å². The van der Waals surface area contributed by atoms with E-state index in [9.17, 15) is 8.42 Å². The molecule has 26 heavy (non-hydrogen) atoms. The van der Waals surface area contributed by atoms with Crippen LogP contribution >= 0.6 is 11.3 Å². The number of ether oxygens (including phenoxy) is 1. The van der Waals surface area contributed by atoms with Crippen molar-refractivity contribution in [3.63, 3.8) is 0 Å². The molecule has 0 saturated carbocycles. The number of thiophene rings is 1. The third-order valence-corrected chi connectivity index (χ3v) is 5.59. The number of benzene rings is 2. The fourth-order valence-electron chi connectivity index (χ4n) is 2.53. The average Bonchev–Trinajstić information content (AvgIpc) is 3.16. The molecule has 4 aromatic rings. The molecular formula is C19H14N2O3S2. The zero-order valence-corrected chi connectivity index (χ0v) is 15.4. The maximum absolute atomic E-state index is 11.8. The number of rotatable bonds is 4. The van der Waals surface area contributed by atoms with Gasteiger partial charge in [-0.1, -0.05) is 18.2 Å². The van der Waals surface area contributed by atoms with E-state index in [0.717, 1.165) is 16.5 Å². The molecule has 0 unspecified atom stereocenters. The molecule has 0 atom stereocenters. The van der Waals surface area contributed by atoms with Crippen LogP contribution < -0.4 is 4.74 Å². The van der Waals surface area contributed by atoms with Crippen LogP contribution in [0.2, 0.25) is 0 Å². The molecule has 5 nitrogen and oxygen atoms in total. The van der Waals surface area contributed by atoms with Gasteiger partial charge in [0.2, 0.25) is 5.88 Å². The first-order chi connectivity index (χ1) is 12.5. The number of hydrogen-bond acceptors (Lipinski definition) is 6. The second-order valence-corrected chi connectivity index (χ2v) is 8.53. The summed E-state index contributed by atoms with van der Waals surface area (Å²) in [5, 5.41) is 4.69. The third kappa shape index (κ3) is 3.31. The van der Waals surface area contributed by atoms with Gasteiger partial charge in [-0.2, -0.15) is 16.3 Å². The standard InChI is InChI=1S/C19H14N2O3S2/c1-26(22,23)15-6-4-5-14(11-15)24-19-16-7-2-3-8-17(16)20-18(21-19)13-9-10-25-12-13/h2-12H,1H3. The van der Waals surface area contributed by atoms with Gasteiger partial charge in [-0.25, -0.2) is 13.4 Å². The molecule has 0 radical (unpaired) electrons. The lowest BCUT2D eigenvalue weighted by Crippen LogP contribution is -1.98. The largest absolute Gasteiger partial charge is 0.438 e. The van der Waals surface area contributed by atoms with E-state index >= 15 is 0 Å². The van der Waals surface area contributed by atoms with Gasteiger partial charge in [-0.3, -0.25) is 0 Å². The topological polar surface area (TPSA) is 69.2 Å². The minimum atomic E-state index is -3.32. The number of hydrogen-bond donors (Lipinski definition) is 0. The Morgan fingerprint density at radius 2 is 1.85 bits per heavy atom. The summed E-state index contributed by atoms with van der Waals surface area (Å²) in [5.41, 5.74) is 1.67. The summed E-state index contributed by atoms with van der Waals surface area (Å²) in [6.07, 6.45) is 1.17. The minimum absolute atomic E-state index is 0.200. The Labute approximate surface area is 154 Å². The number of aromatic nitrogens is 2. The molecule has 0 saturated heterocycles. The van der Waals surface area contributed by atoms with Crippen molar-refractivity contribution in [1.29, 1.82) is 0 Å². The van der Waals surface area contributed by atoms with E-state index in [-0.39, 0.29) is 4.90 Å². The average molecular weight is 382 g/mol. The summed E-state index contributed by atoms with van der Waals surface area (Å²) in [6, 6.07) is 15.9. The Kier molecular flexibility index (Phi) is 4.18. The Bertz CT molecular complexity index is 1190. The Hall–Kier alpha value is -2.77. The first-order valence-electron chi connectivity index (χ1n) is 7.78. The molecule has 0 bridgehead atoms. The zero-order chi connectivity index (χ0) is 18.1. The highest BCUT2D eigenvalue weighted by Crippen LogP contribution is 2.31. The highest BCUT2D eigenvalue weighted by Gasteiger charge is 2.13. The van der Waals surface area contributed by atoms with Crippen LogP contribution in [0.25, 0.3) is 22.3 Å². The van der Waals surface area contributed by atoms with Gasteiger partial charge in [-0.05, 0) is 41.8 Å². The van der Waals surface area contributed by atoms with E-state index in [4.69, 9.17) is 4.74 Å². The van der Waals surface area contributed by atoms with Crippen molar-refractivity contribution in [3.05, 3.63) is 65.4 Å². The summed E-state index contributed by atoms with van der Waals surface area (Å²) < 4.78 is 29.5. The maximum Gasteiger partial charge on any atom is 0.230 e. The van der Waals surface area contributed by atoms with Gasteiger partial charge in [0.1, 0.15) is 5.75 Å². The quantitative estimate of drug-likeness (QED) is 0.518. The van der Waals surface area contributed by atoms with Crippen LogP contribution in [0.4, 0.5) is 0 Å². The smallest absolute Gasteiger partial charge is 0.230 e. The van der Waals surface area contributed by atoms with Crippen molar-refractivity contribution in [2.45, 2.75) is 4.90 Å². The van der Waals surface area contributed by atoms with E-state index in [2.05, 4.69) is 9.97 Å². The van der Waals surface area contributed by atoms with E-state index in [1.807, 2.05) is 41.1 Å². The van der Waals surface area contributed by atoms with E-state index < -0.39 is 9.84 Å². The van der Waals surface area contributed by atoms with Crippen LogP contribution in [0.5, 0.6) is 11.6 Å². The highest BCUT2D eigenvalue weighted by molar-refractivity contribution is 7.90. The second-order valence-electron chi connectivity index (χ2n) is 5.73. The summed E-state index contributed by atoms with van der Waals surface area (Å²) in [5.74, 6) is 1.37. The minimum Gasteiger partial charge on any atom is -0.438 e. The lowest BCUT2D eigenvalue weighted by Gasteiger charge is -2.10. The monoisotopic (exact) mass is 382 g/mol. The lowest BCUT2D eigenvalue weighted by atomic mass is 10.2. The second kappa shape index (κ2) is 6.51. The third-order valence-electron chi connectivity index (χ3n) is 3.80. The number of para-hydroxylation sites is 1. The van der Waals surface area contributed by atoms with Crippen LogP contribution in [-0.2, 0) is 9.84 Å². The Morgan fingerprint density at radius 1 is 1.00 bits per heavy atom. The Balaban J connectivity index is 1.83. The molecular weight excluding hydrogens is 368 g/mol. The highest BCUT2D eigenvalue weighted by atomic mass is 32.2. The molecule has 0 aliphatic rings. The van der Waals surface area contributed by atoms with Crippen molar-refractivity contribution in [2.24, 2.45) is 0 Å². The molecule has 2 aromatic carbocycles. The van der Waals surface area contributed by atoms with Gasteiger partial charge in [0.25, 0.3) is 0 Å². The molecule has 2 aromatic heterocycles. The van der Waals surface area contributed by atoms with Gasteiger partial charge >= 0.3 is 0 Å². The number of sulfone groups is 1. The molecule has 130 valence electrons. The number of fused-ring (bicyclic) bond motifs is 1. The van der Waals surface area contributed by atoms with Gasteiger partial charge < -0.3 is 4.74 Å². The summed E-state index contributed by atoms with van der Waals surface area (Å²) >= 11 is 1.57. The molecule has 7 heteroatoms. The van der Waals surface area contributed by atoms with Crippen LogP contribution in [0.3, 0.4) is 0 Å². The van der Waals surface area contributed by atoms with Crippen LogP contribution in [0.15, 0.2) is 70.3 Å². The summed E-state index contributed by atoms with van der Waals surface area (Å²) in [7, 11) is -3.32. The molecule has 0 fully saturated rings. The van der Waals surface area contributed by atoms with Crippen molar-refractivity contribution < 1.29 is 13.2 Å². The molecule has 0 amide bonds. The number of nitrogens with zero attached hydrogens (tertiary/aromatic N) is 2. The van der Waals surface area contributed by atoms with Crippen molar-refractivity contribution in [2.75, 3.05) is 6.26 Å². The SMILES string of the molecule is CS(=O)(=O)c1cccc(Oc2nc(-c3ccsc3)nc3ccccc23)c1. The zero-order valence-electron chi connectivity index (χ0n) is 13.8. The normalized spacial score (nSPS) is 11.6. The first-order valence-corrected chi connectivity index (χ1v) is 10.6. The predicted molar refractivity (Wildman–Crippen MR) is 102 cm³/mol. The van der Waals surface area contributed by atoms with Gasteiger partial charge in [0.05, 0.1) is 15.8 Å².